The van der Waals surface area contributed by atoms with Gasteiger partial charge in [-0.05, 0) is 31.1 Å². The van der Waals surface area contributed by atoms with E-state index in [0.717, 1.165) is 44.6 Å². The second-order valence-corrected chi connectivity index (χ2v) is 5.30. The lowest BCUT2D eigenvalue weighted by Gasteiger charge is -2.29. The van der Waals surface area contributed by atoms with Gasteiger partial charge in [0.05, 0.1) is 0 Å². The fourth-order valence-corrected chi connectivity index (χ4v) is 2.75. The van der Waals surface area contributed by atoms with Crippen molar-refractivity contribution >= 4 is 0 Å². The van der Waals surface area contributed by atoms with Crippen molar-refractivity contribution in [2.24, 2.45) is 7.05 Å². The maximum atomic E-state index is 12.3. The van der Waals surface area contributed by atoms with Crippen LogP contribution in [0, 0.1) is 0 Å². The zero-order valence-corrected chi connectivity index (χ0v) is 12.3. The number of aromatic nitrogens is 1. The van der Waals surface area contributed by atoms with Gasteiger partial charge in [0.25, 0.3) is 5.56 Å². The van der Waals surface area contributed by atoms with E-state index in [1.807, 2.05) is 11.6 Å². The Labute approximate surface area is 115 Å². The molecule has 0 saturated carbocycles. The average molecular weight is 263 g/mol. The summed E-state index contributed by atoms with van der Waals surface area (Å²) in [5.41, 5.74) is 3.59. The third-order valence-electron chi connectivity index (χ3n) is 3.95. The summed E-state index contributed by atoms with van der Waals surface area (Å²) in [5.74, 6) is 0. The zero-order chi connectivity index (χ0) is 13.8. The summed E-state index contributed by atoms with van der Waals surface area (Å²) in [6.45, 7) is 9.08. The van der Waals surface area contributed by atoms with Crippen molar-refractivity contribution in [2.75, 3.05) is 19.6 Å². The van der Waals surface area contributed by atoms with Crippen LogP contribution in [0.5, 0.6) is 0 Å². The summed E-state index contributed by atoms with van der Waals surface area (Å²) in [6.07, 6.45) is 2.08. The van der Waals surface area contributed by atoms with E-state index in [0.29, 0.717) is 6.54 Å². The van der Waals surface area contributed by atoms with Gasteiger partial charge in [-0.2, -0.15) is 0 Å². The van der Waals surface area contributed by atoms with Crippen LogP contribution >= 0.6 is 0 Å². The standard InChI is InChI=1S/C15H25N3O/c1-4-7-16-10-12-9-13-11-18(5-2)8-6-14(13)17(3)15(12)19/h9,16H,4-8,10-11H2,1-3H3. The van der Waals surface area contributed by atoms with Crippen LogP contribution in [0.3, 0.4) is 0 Å². The van der Waals surface area contributed by atoms with E-state index in [1.54, 1.807) is 0 Å². The van der Waals surface area contributed by atoms with E-state index in [2.05, 4.69) is 30.1 Å². The van der Waals surface area contributed by atoms with Crippen molar-refractivity contribution in [3.63, 3.8) is 0 Å². The third-order valence-corrected chi connectivity index (χ3v) is 3.95. The number of nitrogens with one attached hydrogen (secondary N) is 1. The van der Waals surface area contributed by atoms with E-state index in [1.165, 1.54) is 11.3 Å². The van der Waals surface area contributed by atoms with Crippen LogP contribution in [0.25, 0.3) is 0 Å². The van der Waals surface area contributed by atoms with Crippen molar-refractivity contribution in [1.82, 2.24) is 14.8 Å². The summed E-state index contributed by atoms with van der Waals surface area (Å²) in [5, 5.41) is 3.32. The Kier molecular flexibility index (Phi) is 4.77. The average Bonchev–Trinajstić information content (AvgIpc) is 2.43. The normalized spacial score (nSPS) is 15.5. The van der Waals surface area contributed by atoms with Crippen molar-refractivity contribution < 1.29 is 0 Å². The highest BCUT2D eigenvalue weighted by molar-refractivity contribution is 5.28. The molecule has 0 aromatic carbocycles. The lowest BCUT2D eigenvalue weighted by Crippen LogP contribution is -2.36. The molecule has 2 heterocycles. The molecule has 0 saturated heterocycles. The van der Waals surface area contributed by atoms with Crippen molar-refractivity contribution in [1.29, 1.82) is 0 Å². The van der Waals surface area contributed by atoms with Gasteiger partial charge in [-0.15, -0.1) is 0 Å². The fraction of sp³-hybridized carbons (Fsp3) is 0.667. The smallest absolute Gasteiger partial charge is 0.255 e. The quantitative estimate of drug-likeness (QED) is 0.813. The molecule has 0 radical (unpaired) electrons. The summed E-state index contributed by atoms with van der Waals surface area (Å²) >= 11 is 0. The first-order chi connectivity index (χ1) is 9.17. The lowest BCUT2D eigenvalue weighted by atomic mass is 10.0. The lowest BCUT2D eigenvalue weighted by molar-refractivity contribution is 0.262. The molecule has 0 bridgehead atoms. The molecule has 1 aliphatic rings. The molecule has 4 nitrogen and oxygen atoms in total. The first-order valence-electron chi connectivity index (χ1n) is 7.31. The van der Waals surface area contributed by atoms with Crippen LogP contribution in [0.2, 0.25) is 0 Å². The minimum Gasteiger partial charge on any atom is -0.315 e. The van der Waals surface area contributed by atoms with E-state index >= 15 is 0 Å². The van der Waals surface area contributed by atoms with Crippen LogP contribution in [0.4, 0.5) is 0 Å². The predicted octanol–water partition coefficient (Wildman–Crippen LogP) is 1.26. The number of hydrogen-bond donors (Lipinski definition) is 1. The molecule has 0 spiro atoms. The molecule has 0 aliphatic carbocycles. The van der Waals surface area contributed by atoms with E-state index < -0.39 is 0 Å². The van der Waals surface area contributed by atoms with Crippen LogP contribution in [-0.2, 0) is 26.6 Å². The molecular weight excluding hydrogens is 238 g/mol. The van der Waals surface area contributed by atoms with Crippen LogP contribution in [0.15, 0.2) is 10.9 Å². The number of rotatable bonds is 5. The summed E-state index contributed by atoms with van der Waals surface area (Å²) in [7, 11) is 1.91. The fourth-order valence-electron chi connectivity index (χ4n) is 2.75. The number of fused-ring (bicyclic) bond motifs is 1. The Hall–Kier alpha value is -1.13. The molecule has 0 amide bonds. The van der Waals surface area contributed by atoms with Gasteiger partial charge >= 0.3 is 0 Å². The van der Waals surface area contributed by atoms with Gasteiger partial charge in [-0.3, -0.25) is 9.69 Å². The topological polar surface area (TPSA) is 37.3 Å². The highest BCUT2D eigenvalue weighted by Gasteiger charge is 2.19. The Morgan fingerprint density at radius 2 is 2.16 bits per heavy atom. The van der Waals surface area contributed by atoms with Crippen molar-refractivity contribution in [2.45, 2.75) is 39.8 Å². The molecule has 4 heteroatoms. The summed E-state index contributed by atoms with van der Waals surface area (Å²) in [6, 6.07) is 2.11. The Morgan fingerprint density at radius 1 is 1.37 bits per heavy atom. The molecule has 1 aromatic heterocycles. The van der Waals surface area contributed by atoms with E-state index in [9.17, 15) is 4.79 Å². The van der Waals surface area contributed by atoms with Crippen LogP contribution in [-0.4, -0.2) is 29.1 Å². The van der Waals surface area contributed by atoms with E-state index in [-0.39, 0.29) is 5.56 Å². The highest BCUT2D eigenvalue weighted by atomic mass is 16.1. The Balaban J connectivity index is 2.27. The van der Waals surface area contributed by atoms with Gasteiger partial charge in [0.1, 0.15) is 0 Å². The van der Waals surface area contributed by atoms with Crippen molar-refractivity contribution in [3.05, 3.63) is 33.2 Å². The van der Waals surface area contributed by atoms with Gasteiger partial charge in [0.15, 0.2) is 0 Å². The SMILES string of the molecule is CCCNCc1cc2c(n(C)c1=O)CCN(CC)C2. The molecule has 1 aromatic rings. The number of hydrogen-bond acceptors (Lipinski definition) is 3. The maximum Gasteiger partial charge on any atom is 0.255 e. The van der Waals surface area contributed by atoms with Gasteiger partial charge in [0.2, 0.25) is 0 Å². The highest BCUT2D eigenvalue weighted by Crippen LogP contribution is 2.17. The monoisotopic (exact) mass is 263 g/mol. The van der Waals surface area contributed by atoms with Gasteiger partial charge in [-0.1, -0.05) is 13.8 Å². The largest absolute Gasteiger partial charge is 0.315 e. The first-order valence-corrected chi connectivity index (χ1v) is 7.31. The number of likely N-dealkylation sites (N-methyl/N-ethyl adjacent to an activating group) is 1. The molecule has 0 fully saturated rings. The number of nitrogens with zero attached hydrogens (tertiary/aromatic N) is 2. The summed E-state index contributed by atoms with van der Waals surface area (Å²) in [4.78, 5) is 14.7. The van der Waals surface area contributed by atoms with Gasteiger partial charge in [0, 0.05) is 44.4 Å². The number of pyridine rings is 1. The Morgan fingerprint density at radius 3 is 2.84 bits per heavy atom. The molecule has 1 N–H and O–H groups in total. The Bertz CT molecular complexity index is 493. The first kappa shape index (κ1) is 14.3. The van der Waals surface area contributed by atoms with Gasteiger partial charge in [-0.25, -0.2) is 0 Å². The van der Waals surface area contributed by atoms with Gasteiger partial charge < -0.3 is 9.88 Å². The molecule has 0 atom stereocenters. The molecule has 106 valence electrons. The molecule has 19 heavy (non-hydrogen) atoms. The predicted molar refractivity (Wildman–Crippen MR) is 78.3 cm³/mol. The molecule has 0 unspecified atom stereocenters. The molecule has 2 rings (SSSR count). The summed E-state index contributed by atoms with van der Waals surface area (Å²) < 4.78 is 1.85. The molecular formula is C15H25N3O. The van der Waals surface area contributed by atoms with Crippen molar-refractivity contribution in [3.8, 4) is 0 Å². The molecule has 1 aliphatic heterocycles. The van der Waals surface area contributed by atoms with Crippen LogP contribution < -0.4 is 10.9 Å². The maximum absolute atomic E-state index is 12.3. The second-order valence-electron chi connectivity index (χ2n) is 5.30. The second kappa shape index (κ2) is 6.35. The van der Waals surface area contributed by atoms with Crippen LogP contribution in [0.1, 0.15) is 37.1 Å². The minimum absolute atomic E-state index is 0.160. The zero-order valence-electron chi connectivity index (χ0n) is 12.3. The van der Waals surface area contributed by atoms with E-state index in [4.69, 9.17) is 0 Å². The third kappa shape index (κ3) is 3.07. The minimum atomic E-state index is 0.160.